The summed E-state index contributed by atoms with van der Waals surface area (Å²) in [6, 6.07) is 15.1. The predicted octanol–water partition coefficient (Wildman–Crippen LogP) is 3.87. The Labute approximate surface area is 379 Å². The van der Waals surface area contributed by atoms with Crippen molar-refractivity contribution in [2.24, 2.45) is 17.3 Å². The molecule has 3 N–H and O–H groups in total. The topological polar surface area (TPSA) is 196 Å². The molecule has 0 radical (unpaired) electrons. The minimum atomic E-state index is -1.98. The van der Waals surface area contributed by atoms with Crippen molar-refractivity contribution in [2.45, 2.75) is 93.4 Å². The van der Waals surface area contributed by atoms with Crippen molar-refractivity contribution in [3.63, 3.8) is 0 Å². The van der Waals surface area contributed by atoms with E-state index in [1.54, 1.807) is 6.07 Å². The van der Waals surface area contributed by atoms with Gasteiger partial charge in [-0.2, -0.15) is 0 Å². The zero-order chi connectivity index (χ0) is 46.4. The fraction of sp³-hybridized carbons (Fsp3) is 0.510. The van der Waals surface area contributed by atoms with Gasteiger partial charge in [-0.25, -0.2) is 8.78 Å². The zero-order valence-electron chi connectivity index (χ0n) is 36.5. The molecule has 15 nitrogen and oxygen atoms in total. The summed E-state index contributed by atoms with van der Waals surface area (Å²) < 4.78 is 63.8. The molecule has 2 aromatic rings. The van der Waals surface area contributed by atoms with Gasteiger partial charge in [0.05, 0.1) is 38.4 Å². The minimum absolute atomic E-state index is 0.0169. The molecule has 1 unspecified atom stereocenters. The standard InChI is InChI=1S/C49H53F2N3O12/c1-46-27-40-48(51)35(25-37(50)36-24-33(56)12-15-47(36,48)65-40)34(46)26-39-49(46,38(57)28-55)66-45(64-39)31-8-6-29(7-9-31)22-30-4-2-5-32(23-30)53-42(59)14-19-63-21-20-62-18-3-16-52-41(58)13-17-54-43(60)10-11-44(54)61/h2,4-12,15,23-24,34-35,37,39-40,45,55H,3,13-14,16-22,25-28H2,1H3,(H,52,58)(H,53,59)/t34?,35-,37-,39+,40-,45+,46-,47+,48-,49+/m0/s1. The molecule has 4 aliphatic carbocycles. The Balaban J connectivity index is 0.719. The maximum absolute atomic E-state index is 17.5. The SMILES string of the molecule is C[C@]12C[C@@H]3O[C@]45C=CC(=O)C=C4[C@@H](F)C[C@@H](C1C[C@H]1O[C@@H](c4ccc(Cc6cccc(NC(=O)CCOCCOCCCNC(=O)CCN7C(=O)C=CC7=O)c6)cc4)O[C@]12C(=O)CO)[C@]35F. The second-order valence-electron chi connectivity index (χ2n) is 18.4. The van der Waals surface area contributed by atoms with Crippen molar-refractivity contribution in [1.82, 2.24) is 10.2 Å². The maximum Gasteiger partial charge on any atom is 0.253 e. The molecule has 3 saturated carbocycles. The Morgan fingerprint density at radius 3 is 2.39 bits per heavy atom. The molecule has 0 aromatic heterocycles. The van der Waals surface area contributed by atoms with Crippen molar-refractivity contribution in [2.75, 3.05) is 51.4 Å². The van der Waals surface area contributed by atoms with E-state index in [0.29, 0.717) is 50.5 Å². The summed E-state index contributed by atoms with van der Waals surface area (Å²) in [5, 5.41) is 15.9. The Hall–Kier alpha value is -5.30. The van der Waals surface area contributed by atoms with Crippen LogP contribution in [0.5, 0.6) is 0 Å². The number of hydrogen-bond donors (Lipinski definition) is 3. The number of benzene rings is 2. The molecule has 5 fully saturated rings. The summed E-state index contributed by atoms with van der Waals surface area (Å²) in [7, 11) is 0. The summed E-state index contributed by atoms with van der Waals surface area (Å²) >= 11 is 0. The fourth-order valence-corrected chi connectivity index (χ4v) is 11.6. The van der Waals surface area contributed by atoms with Gasteiger partial charge in [0.1, 0.15) is 18.4 Å². The van der Waals surface area contributed by atoms with Gasteiger partial charge in [-0.05, 0) is 79.5 Å². The first kappa shape index (κ1) is 45.8. The van der Waals surface area contributed by atoms with E-state index in [1.165, 1.54) is 24.3 Å². The summed E-state index contributed by atoms with van der Waals surface area (Å²) in [5.41, 5.74) is -3.09. The number of alkyl halides is 2. The molecule has 2 aromatic carbocycles. The number of aliphatic hydroxyl groups is 1. The Bertz CT molecular complexity index is 2370. The molecule has 17 heteroatoms. The van der Waals surface area contributed by atoms with Crippen molar-refractivity contribution >= 4 is 40.9 Å². The number of allylic oxidation sites excluding steroid dienone is 2. The lowest BCUT2D eigenvalue weighted by Gasteiger charge is -2.71. The van der Waals surface area contributed by atoms with E-state index in [2.05, 4.69) is 10.6 Å². The van der Waals surface area contributed by atoms with Gasteiger partial charge in [-0.15, -0.1) is 0 Å². The Morgan fingerprint density at radius 2 is 1.64 bits per heavy atom. The first-order chi connectivity index (χ1) is 31.7. The second kappa shape index (κ2) is 18.1. The van der Waals surface area contributed by atoms with Crippen LogP contribution in [0.15, 0.2) is 84.5 Å². The van der Waals surface area contributed by atoms with Crippen LogP contribution in [-0.2, 0) is 58.9 Å². The smallest absolute Gasteiger partial charge is 0.253 e. The number of ketones is 2. The highest BCUT2D eigenvalue weighted by molar-refractivity contribution is 6.13. The molecule has 4 amide bonds. The highest BCUT2D eigenvalue weighted by atomic mass is 19.1. The van der Waals surface area contributed by atoms with E-state index in [0.717, 1.165) is 22.1 Å². The lowest BCUT2D eigenvalue weighted by atomic mass is 9.44. The summed E-state index contributed by atoms with van der Waals surface area (Å²) in [4.78, 5) is 74.9. The minimum Gasteiger partial charge on any atom is -0.388 e. The first-order valence-corrected chi connectivity index (χ1v) is 22.6. The number of ether oxygens (including phenoxy) is 5. The van der Waals surface area contributed by atoms with Gasteiger partial charge in [-0.3, -0.25) is 33.7 Å². The number of carbonyl (C=O) groups excluding carboxylic acids is 6. The van der Waals surface area contributed by atoms with E-state index >= 15 is 8.78 Å². The molecule has 2 saturated heterocycles. The van der Waals surface area contributed by atoms with Crippen molar-refractivity contribution < 1.29 is 66.3 Å². The van der Waals surface area contributed by atoms with Crippen LogP contribution in [0.3, 0.4) is 0 Å². The molecule has 350 valence electrons. The van der Waals surface area contributed by atoms with Crippen molar-refractivity contribution in [1.29, 1.82) is 0 Å². The average Bonchev–Trinajstić information content (AvgIpc) is 3.92. The van der Waals surface area contributed by atoms with Crippen LogP contribution < -0.4 is 10.6 Å². The van der Waals surface area contributed by atoms with Crippen molar-refractivity contribution in [3.8, 4) is 0 Å². The van der Waals surface area contributed by atoms with Gasteiger partial charge in [0, 0.05) is 66.4 Å². The van der Waals surface area contributed by atoms with E-state index in [4.69, 9.17) is 23.7 Å². The molecular formula is C49H53F2N3O12. The van der Waals surface area contributed by atoms with Gasteiger partial charge in [0.2, 0.25) is 11.8 Å². The van der Waals surface area contributed by atoms with Crippen molar-refractivity contribution in [3.05, 3.63) is 101 Å². The number of nitrogens with zero attached hydrogens (tertiary/aromatic N) is 1. The van der Waals surface area contributed by atoms with Gasteiger partial charge < -0.3 is 39.4 Å². The van der Waals surface area contributed by atoms with Crippen LogP contribution in [0.4, 0.5) is 14.5 Å². The average molecular weight is 914 g/mol. The Morgan fingerprint density at radius 1 is 0.879 bits per heavy atom. The maximum atomic E-state index is 17.5. The molecule has 0 bridgehead atoms. The van der Waals surface area contributed by atoms with Gasteiger partial charge in [0.15, 0.2) is 29.1 Å². The van der Waals surface area contributed by atoms with Crippen LogP contribution in [0.25, 0.3) is 0 Å². The molecule has 3 aliphatic heterocycles. The largest absolute Gasteiger partial charge is 0.388 e. The van der Waals surface area contributed by atoms with E-state index in [-0.39, 0.29) is 62.6 Å². The summed E-state index contributed by atoms with van der Waals surface area (Å²) in [6.45, 7) is 2.67. The third-order valence-corrected chi connectivity index (χ3v) is 14.7. The number of fused-ring (bicyclic) bond motifs is 4. The highest BCUT2D eigenvalue weighted by Crippen LogP contribution is 2.75. The fourth-order valence-electron chi connectivity index (χ4n) is 11.6. The lowest BCUT2D eigenvalue weighted by Crippen LogP contribution is -2.82. The molecule has 3 heterocycles. The first-order valence-electron chi connectivity index (χ1n) is 22.6. The van der Waals surface area contributed by atoms with Gasteiger partial charge in [-0.1, -0.05) is 43.3 Å². The van der Waals surface area contributed by atoms with Crippen LogP contribution in [-0.4, -0.2) is 127 Å². The number of halogens is 2. The number of rotatable bonds is 19. The zero-order valence-corrected chi connectivity index (χ0v) is 36.5. The third kappa shape index (κ3) is 7.76. The number of anilines is 1. The number of Topliss-reactive ketones (excluding diaryl/α,β-unsaturated/α-hetero) is 1. The van der Waals surface area contributed by atoms with Crippen LogP contribution in [0.2, 0.25) is 0 Å². The normalized spacial score (nSPS) is 33.4. The van der Waals surface area contributed by atoms with E-state index in [1.807, 2.05) is 49.4 Å². The molecule has 66 heavy (non-hydrogen) atoms. The molecule has 9 rings (SSSR count). The number of imide groups is 1. The monoisotopic (exact) mass is 913 g/mol. The highest BCUT2D eigenvalue weighted by Gasteiger charge is 2.85. The molecule has 7 aliphatic rings. The number of amides is 4. The predicted molar refractivity (Wildman–Crippen MR) is 230 cm³/mol. The second-order valence-corrected chi connectivity index (χ2v) is 18.4. The molecular weight excluding hydrogens is 861 g/mol. The number of nitrogens with one attached hydrogen (secondary N) is 2. The summed E-state index contributed by atoms with van der Waals surface area (Å²) in [6.07, 6.45) is 3.19. The van der Waals surface area contributed by atoms with Crippen LogP contribution in [0.1, 0.15) is 68.4 Å². The van der Waals surface area contributed by atoms with Gasteiger partial charge >= 0.3 is 0 Å². The van der Waals surface area contributed by atoms with E-state index in [9.17, 15) is 33.9 Å². The van der Waals surface area contributed by atoms with Crippen LogP contribution in [0, 0.1) is 17.3 Å². The van der Waals surface area contributed by atoms with E-state index < -0.39 is 88.8 Å². The number of carbonyl (C=O) groups is 6. The third-order valence-electron chi connectivity index (χ3n) is 14.7. The Kier molecular flexibility index (Phi) is 12.5. The number of aliphatic hydroxyl groups excluding tert-OH is 1. The quantitative estimate of drug-likeness (QED) is 0.136. The molecule has 1 spiro atoms. The summed E-state index contributed by atoms with van der Waals surface area (Å²) in [5.74, 6) is -3.66. The molecule has 10 atom stereocenters. The number of hydrogen-bond acceptors (Lipinski definition) is 12. The van der Waals surface area contributed by atoms with Gasteiger partial charge in [0.25, 0.3) is 11.8 Å². The van der Waals surface area contributed by atoms with Crippen LogP contribution >= 0.6 is 0 Å². The lowest BCUT2D eigenvalue weighted by molar-refractivity contribution is -0.360.